The Labute approximate surface area is 118 Å². The number of allylic oxidation sites excluding steroid dienone is 1. The molecular formula is C16H19N3O. The Bertz CT molecular complexity index is 642. The van der Waals surface area contributed by atoms with Gasteiger partial charge in [-0.1, -0.05) is 23.8 Å². The first-order valence-corrected chi connectivity index (χ1v) is 7.23. The molecule has 1 aliphatic rings. The van der Waals surface area contributed by atoms with Crippen molar-refractivity contribution in [3.8, 4) is 0 Å². The fourth-order valence-corrected chi connectivity index (χ4v) is 2.72. The molecule has 0 atom stereocenters. The van der Waals surface area contributed by atoms with E-state index in [0.29, 0.717) is 12.1 Å². The summed E-state index contributed by atoms with van der Waals surface area (Å²) in [5, 5.41) is 10.8. The number of H-pyrrole nitrogens is 1. The first-order valence-electron chi connectivity index (χ1n) is 7.23. The minimum absolute atomic E-state index is 0.0312. The van der Waals surface area contributed by atoms with Crippen molar-refractivity contribution in [1.29, 1.82) is 0 Å². The molecule has 4 nitrogen and oxygen atoms in total. The van der Waals surface area contributed by atoms with Gasteiger partial charge in [0.1, 0.15) is 0 Å². The van der Waals surface area contributed by atoms with Crippen LogP contribution in [-0.2, 0) is 0 Å². The number of para-hydroxylation sites is 1. The number of benzene rings is 1. The fourth-order valence-electron chi connectivity index (χ4n) is 2.72. The van der Waals surface area contributed by atoms with Crippen molar-refractivity contribution < 1.29 is 4.79 Å². The van der Waals surface area contributed by atoms with E-state index in [-0.39, 0.29) is 5.91 Å². The molecule has 2 N–H and O–H groups in total. The molecule has 0 bridgehead atoms. The van der Waals surface area contributed by atoms with Gasteiger partial charge < -0.3 is 5.32 Å². The van der Waals surface area contributed by atoms with Crippen molar-refractivity contribution >= 4 is 16.8 Å². The molecule has 1 aliphatic carbocycles. The number of hydrogen-bond acceptors (Lipinski definition) is 2. The smallest absolute Gasteiger partial charge is 0.253 e. The zero-order valence-corrected chi connectivity index (χ0v) is 11.5. The van der Waals surface area contributed by atoms with Gasteiger partial charge in [-0.25, -0.2) is 0 Å². The fraction of sp³-hybridized carbons (Fsp3) is 0.375. The van der Waals surface area contributed by atoms with Crippen molar-refractivity contribution in [2.75, 3.05) is 6.54 Å². The number of aromatic amines is 1. The van der Waals surface area contributed by atoms with Gasteiger partial charge in [-0.3, -0.25) is 9.89 Å². The van der Waals surface area contributed by atoms with Crippen molar-refractivity contribution in [3.05, 3.63) is 41.6 Å². The number of hydrogen-bond donors (Lipinski definition) is 2. The Morgan fingerprint density at radius 1 is 1.35 bits per heavy atom. The van der Waals surface area contributed by atoms with Gasteiger partial charge in [-0.2, -0.15) is 5.10 Å². The predicted molar refractivity (Wildman–Crippen MR) is 79.6 cm³/mol. The largest absolute Gasteiger partial charge is 0.352 e. The molecule has 0 aliphatic heterocycles. The second-order valence-electron chi connectivity index (χ2n) is 5.25. The Hall–Kier alpha value is -2.10. The number of carbonyl (C=O) groups is 1. The molecule has 104 valence electrons. The summed E-state index contributed by atoms with van der Waals surface area (Å²) in [4.78, 5) is 12.2. The molecule has 0 unspecified atom stereocenters. The number of carbonyl (C=O) groups excluding carboxylic acids is 1. The predicted octanol–water partition coefficient (Wildman–Crippen LogP) is 3.18. The molecule has 2 aromatic rings. The number of aromatic nitrogens is 2. The van der Waals surface area contributed by atoms with E-state index in [4.69, 9.17) is 0 Å². The molecule has 4 heteroatoms. The van der Waals surface area contributed by atoms with E-state index in [9.17, 15) is 4.79 Å². The summed E-state index contributed by atoms with van der Waals surface area (Å²) in [7, 11) is 0. The highest BCUT2D eigenvalue weighted by Gasteiger charge is 2.11. The van der Waals surface area contributed by atoms with E-state index < -0.39 is 0 Å². The van der Waals surface area contributed by atoms with Crippen LogP contribution in [0.25, 0.3) is 10.9 Å². The van der Waals surface area contributed by atoms with Crippen LogP contribution in [0.3, 0.4) is 0 Å². The van der Waals surface area contributed by atoms with E-state index in [1.54, 1.807) is 6.20 Å². The average Bonchev–Trinajstić information content (AvgIpc) is 2.96. The number of amides is 1. The van der Waals surface area contributed by atoms with Crippen LogP contribution >= 0.6 is 0 Å². The Balaban J connectivity index is 1.61. The normalized spacial score (nSPS) is 15.1. The van der Waals surface area contributed by atoms with Crippen LogP contribution < -0.4 is 5.32 Å². The molecule has 1 aromatic carbocycles. The van der Waals surface area contributed by atoms with Gasteiger partial charge in [0.25, 0.3) is 5.91 Å². The molecule has 1 amide bonds. The van der Waals surface area contributed by atoms with Gasteiger partial charge in [0, 0.05) is 11.9 Å². The molecule has 0 radical (unpaired) electrons. The molecule has 20 heavy (non-hydrogen) atoms. The van der Waals surface area contributed by atoms with Crippen molar-refractivity contribution in [2.24, 2.45) is 0 Å². The summed E-state index contributed by atoms with van der Waals surface area (Å²) in [6.45, 7) is 0.704. The molecule has 3 rings (SSSR count). The molecular weight excluding hydrogens is 250 g/mol. The van der Waals surface area contributed by atoms with E-state index in [1.165, 1.54) is 31.3 Å². The van der Waals surface area contributed by atoms with E-state index in [1.807, 2.05) is 18.2 Å². The monoisotopic (exact) mass is 269 g/mol. The van der Waals surface area contributed by atoms with Crippen LogP contribution in [0.1, 0.15) is 42.5 Å². The van der Waals surface area contributed by atoms with Crippen LogP contribution in [0.2, 0.25) is 0 Å². The molecule has 0 fully saturated rings. The van der Waals surface area contributed by atoms with Gasteiger partial charge in [0.15, 0.2) is 0 Å². The Kier molecular flexibility index (Phi) is 3.81. The lowest BCUT2D eigenvalue weighted by molar-refractivity contribution is 0.0955. The summed E-state index contributed by atoms with van der Waals surface area (Å²) < 4.78 is 0. The van der Waals surface area contributed by atoms with Gasteiger partial charge in [-0.15, -0.1) is 0 Å². The number of rotatable bonds is 4. The lowest BCUT2D eigenvalue weighted by atomic mass is 9.97. The summed E-state index contributed by atoms with van der Waals surface area (Å²) >= 11 is 0. The number of nitrogens with zero attached hydrogens (tertiary/aromatic N) is 1. The summed E-state index contributed by atoms with van der Waals surface area (Å²) in [5.41, 5.74) is 2.95. The third-order valence-electron chi connectivity index (χ3n) is 3.84. The number of fused-ring (bicyclic) bond motifs is 1. The molecule has 0 saturated carbocycles. The lowest BCUT2D eigenvalue weighted by Crippen LogP contribution is -2.25. The summed E-state index contributed by atoms with van der Waals surface area (Å²) in [6, 6.07) is 5.66. The van der Waals surface area contributed by atoms with Crippen LogP contribution in [0, 0.1) is 0 Å². The third-order valence-corrected chi connectivity index (χ3v) is 3.84. The maximum Gasteiger partial charge on any atom is 0.253 e. The first-order chi connectivity index (χ1) is 9.84. The molecule has 0 spiro atoms. The van der Waals surface area contributed by atoms with Gasteiger partial charge in [-0.05, 0) is 38.2 Å². The summed E-state index contributed by atoms with van der Waals surface area (Å²) in [6.07, 6.45) is 9.99. The molecule has 1 heterocycles. The maximum atomic E-state index is 12.2. The van der Waals surface area contributed by atoms with Gasteiger partial charge in [0.05, 0.1) is 17.3 Å². The van der Waals surface area contributed by atoms with E-state index in [2.05, 4.69) is 21.6 Å². The van der Waals surface area contributed by atoms with E-state index >= 15 is 0 Å². The average molecular weight is 269 g/mol. The highest BCUT2D eigenvalue weighted by molar-refractivity contribution is 6.05. The summed E-state index contributed by atoms with van der Waals surface area (Å²) in [5.74, 6) is -0.0312. The van der Waals surface area contributed by atoms with Crippen LogP contribution in [-0.4, -0.2) is 22.6 Å². The molecule has 1 aromatic heterocycles. The lowest BCUT2D eigenvalue weighted by Gasteiger charge is -2.13. The van der Waals surface area contributed by atoms with Crippen LogP contribution in [0.15, 0.2) is 36.0 Å². The minimum Gasteiger partial charge on any atom is -0.352 e. The van der Waals surface area contributed by atoms with Crippen LogP contribution in [0.4, 0.5) is 0 Å². The second-order valence-corrected chi connectivity index (χ2v) is 5.25. The van der Waals surface area contributed by atoms with Crippen LogP contribution in [0.5, 0.6) is 0 Å². The SMILES string of the molecule is O=C(NCCC1=CCCCC1)c1cccc2cn[nH]c12. The number of nitrogens with one attached hydrogen (secondary N) is 2. The maximum absolute atomic E-state index is 12.2. The Morgan fingerprint density at radius 2 is 2.30 bits per heavy atom. The third kappa shape index (κ3) is 2.74. The minimum atomic E-state index is -0.0312. The second kappa shape index (κ2) is 5.90. The Morgan fingerprint density at radius 3 is 3.15 bits per heavy atom. The van der Waals surface area contributed by atoms with Gasteiger partial charge >= 0.3 is 0 Å². The van der Waals surface area contributed by atoms with Crippen molar-refractivity contribution in [1.82, 2.24) is 15.5 Å². The highest BCUT2D eigenvalue weighted by atomic mass is 16.1. The van der Waals surface area contributed by atoms with Crippen molar-refractivity contribution in [2.45, 2.75) is 32.1 Å². The van der Waals surface area contributed by atoms with Gasteiger partial charge in [0.2, 0.25) is 0 Å². The standard InChI is InChI=1S/C16H19N3O/c20-16(17-10-9-12-5-2-1-3-6-12)14-8-4-7-13-11-18-19-15(13)14/h4-5,7-8,11H,1-3,6,9-10H2,(H,17,20)(H,18,19). The first kappa shape index (κ1) is 12.9. The zero-order chi connectivity index (χ0) is 13.8. The topological polar surface area (TPSA) is 57.8 Å². The highest BCUT2D eigenvalue weighted by Crippen LogP contribution is 2.19. The van der Waals surface area contributed by atoms with Crippen molar-refractivity contribution in [3.63, 3.8) is 0 Å². The zero-order valence-electron chi connectivity index (χ0n) is 11.5. The quantitative estimate of drug-likeness (QED) is 0.837. The molecule has 0 saturated heterocycles. The van der Waals surface area contributed by atoms with E-state index in [0.717, 1.165) is 17.3 Å².